The molecule has 1 aromatic rings. The quantitative estimate of drug-likeness (QED) is 0.446. The maximum Gasteiger partial charge on any atom is 0.191 e. The van der Waals surface area contributed by atoms with E-state index in [0.717, 1.165) is 31.4 Å². The topological polar surface area (TPSA) is 39.7 Å². The van der Waals surface area contributed by atoms with Gasteiger partial charge in [0.05, 0.1) is 0 Å². The first-order valence-corrected chi connectivity index (χ1v) is 10.5. The van der Waals surface area contributed by atoms with E-state index in [0.29, 0.717) is 12.0 Å². The summed E-state index contributed by atoms with van der Waals surface area (Å²) in [4.78, 5) is 7.07. The predicted molar refractivity (Wildman–Crippen MR) is 111 cm³/mol. The van der Waals surface area contributed by atoms with Crippen molar-refractivity contribution in [1.82, 2.24) is 15.5 Å². The number of guanidine groups is 1. The van der Waals surface area contributed by atoms with Crippen molar-refractivity contribution >= 4 is 5.96 Å². The number of nitrogens with zero attached hydrogens (tertiary/aromatic N) is 2. The molecule has 2 fully saturated rings. The van der Waals surface area contributed by atoms with Crippen LogP contribution in [0, 0.1) is 0 Å². The van der Waals surface area contributed by atoms with Gasteiger partial charge in [-0.3, -0.25) is 4.99 Å². The highest BCUT2D eigenvalue weighted by Crippen LogP contribution is 2.29. The maximum absolute atomic E-state index is 4.40. The van der Waals surface area contributed by atoms with Gasteiger partial charge in [-0.2, -0.15) is 0 Å². The van der Waals surface area contributed by atoms with Crippen molar-refractivity contribution in [1.29, 1.82) is 0 Å². The van der Waals surface area contributed by atoms with Crippen molar-refractivity contribution in [3.63, 3.8) is 0 Å². The van der Waals surface area contributed by atoms with Crippen LogP contribution in [0.2, 0.25) is 0 Å². The minimum Gasteiger partial charge on any atom is -0.356 e. The van der Waals surface area contributed by atoms with Gasteiger partial charge in [0.15, 0.2) is 5.96 Å². The van der Waals surface area contributed by atoms with Crippen molar-refractivity contribution in [2.45, 2.75) is 70.4 Å². The van der Waals surface area contributed by atoms with Crippen molar-refractivity contribution in [2.24, 2.45) is 4.99 Å². The molecule has 1 aromatic carbocycles. The molecule has 0 radical (unpaired) electrons. The second kappa shape index (κ2) is 9.40. The van der Waals surface area contributed by atoms with E-state index in [1.165, 1.54) is 49.9 Å². The zero-order chi connectivity index (χ0) is 18.4. The van der Waals surface area contributed by atoms with Crippen LogP contribution in [0.1, 0.15) is 63.0 Å². The molecule has 2 N–H and O–H groups in total. The number of aliphatic imine (C=N–C) groups is 1. The number of hydrogen-bond donors (Lipinski definition) is 2. The molecule has 4 nitrogen and oxygen atoms in total. The van der Waals surface area contributed by atoms with Crippen LogP contribution in [0.25, 0.3) is 0 Å². The third-order valence-corrected chi connectivity index (χ3v) is 5.74. The van der Waals surface area contributed by atoms with E-state index in [-0.39, 0.29) is 0 Å². The molecule has 0 aromatic heterocycles. The smallest absolute Gasteiger partial charge is 0.191 e. The molecule has 1 saturated heterocycles. The third kappa shape index (κ3) is 5.73. The molecule has 1 heterocycles. The highest BCUT2D eigenvalue weighted by molar-refractivity contribution is 5.79. The summed E-state index contributed by atoms with van der Waals surface area (Å²) < 4.78 is 0. The largest absolute Gasteiger partial charge is 0.356 e. The maximum atomic E-state index is 4.40. The standard InChI is InChI=1S/C22H36N4/c1-17(2)19-8-6-18(7-9-19)5-4-14-24-22(23-3)25-20-12-15-26(16-13-20)21-10-11-21/h6-9,17,20-21H,4-5,10-16H2,1-3H3,(H2,23,24,25). The number of rotatable bonds is 7. The Morgan fingerprint density at radius 1 is 1.12 bits per heavy atom. The van der Waals surface area contributed by atoms with Gasteiger partial charge in [0.2, 0.25) is 0 Å². The van der Waals surface area contributed by atoms with Gasteiger partial charge < -0.3 is 15.5 Å². The summed E-state index contributed by atoms with van der Waals surface area (Å²) in [6.45, 7) is 7.94. The van der Waals surface area contributed by atoms with E-state index in [9.17, 15) is 0 Å². The Kier molecular flexibility index (Phi) is 6.95. The van der Waals surface area contributed by atoms with Crippen LogP contribution < -0.4 is 10.6 Å². The van der Waals surface area contributed by atoms with E-state index in [4.69, 9.17) is 0 Å². The molecule has 1 saturated carbocycles. The van der Waals surface area contributed by atoms with Gasteiger partial charge >= 0.3 is 0 Å². The Bertz CT molecular complexity index is 566. The highest BCUT2D eigenvalue weighted by Gasteiger charge is 2.31. The average Bonchev–Trinajstić information content (AvgIpc) is 3.50. The molecule has 26 heavy (non-hydrogen) atoms. The van der Waals surface area contributed by atoms with Crippen LogP contribution in [0.15, 0.2) is 29.3 Å². The molecule has 4 heteroatoms. The number of aryl methyl sites for hydroxylation is 1. The Balaban J connectivity index is 1.32. The first-order chi connectivity index (χ1) is 12.7. The van der Waals surface area contributed by atoms with E-state index in [2.05, 4.69) is 58.6 Å². The fourth-order valence-corrected chi connectivity index (χ4v) is 3.81. The van der Waals surface area contributed by atoms with Gasteiger partial charge in [-0.25, -0.2) is 0 Å². The monoisotopic (exact) mass is 356 g/mol. The van der Waals surface area contributed by atoms with Crippen LogP contribution >= 0.6 is 0 Å². The Labute approximate surface area is 159 Å². The summed E-state index contributed by atoms with van der Waals surface area (Å²) >= 11 is 0. The van der Waals surface area contributed by atoms with Gasteiger partial charge in [-0.05, 0) is 55.6 Å². The van der Waals surface area contributed by atoms with E-state index < -0.39 is 0 Å². The van der Waals surface area contributed by atoms with Crippen LogP contribution in [-0.4, -0.2) is 49.6 Å². The SMILES string of the molecule is CN=C(NCCCc1ccc(C(C)C)cc1)NC1CCN(C2CC2)CC1. The van der Waals surface area contributed by atoms with Gasteiger partial charge in [0.1, 0.15) is 0 Å². The molecule has 3 rings (SSSR count). The summed E-state index contributed by atoms with van der Waals surface area (Å²) in [6, 6.07) is 10.6. The minimum absolute atomic E-state index is 0.569. The fourth-order valence-electron chi connectivity index (χ4n) is 3.81. The van der Waals surface area contributed by atoms with Crippen molar-refractivity contribution in [3.05, 3.63) is 35.4 Å². The number of likely N-dealkylation sites (tertiary alicyclic amines) is 1. The molecule has 0 atom stereocenters. The van der Waals surface area contributed by atoms with Crippen molar-refractivity contribution < 1.29 is 0 Å². The fraction of sp³-hybridized carbons (Fsp3) is 0.682. The zero-order valence-corrected chi connectivity index (χ0v) is 16.8. The molecular formula is C22H36N4. The van der Waals surface area contributed by atoms with Gasteiger partial charge in [-0.15, -0.1) is 0 Å². The minimum atomic E-state index is 0.569. The lowest BCUT2D eigenvalue weighted by Gasteiger charge is -2.33. The summed E-state index contributed by atoms with van der Waals surface area (Å²) in [7, 11) is 1.87. The number of piperidine rings is 1. The second-order valence-electron chi connectivity index (χ2n) is 8.18. The number of benzene rings is 1. The average molecular weight is 357 g/mol. The third-order valence-electron chi connectivity index (χ3n) is 5.74. The Morgan fingerprint density at radius 3 is 2.38 bits per heavy atom. The van der Waals surface area contributed by atoms with Crippen LogP contribution in [-0.2, 0) is 6.42 Å². The van der Waals surface area contributed by atoms with Crippen molar-refractivity contribution in [2.75, 3.05) is 26.7 Å². The predicted octanol–water partition coefficient (Wildman–Crippen LogP) is 3.53. The molecule has 1 aliphatic heterocycles. The molecule has 0 amide bonds. The van der Waals surface area contributed by atoms with Crippen molar-refractivity contribution in [3.8, 4) is 0 Å². The summed E-state index contributed by atoms with van der Waals surface area (Å²) in [5, 5.41) is 7.10. The number of hydrogen-bond acceptors (Lipinski definition) is 2. The molecule has 0 spiro atoms. The van der Waals surface area contributed by atoms with Crippen LogP contribution in [0.3, 0.4) is 0 Å². The van der Waals surface area contributed by atoms with Crippen LogP contribution in [0.4, 0.5) is 0 Å². The Morgan fingerprint density at radius 2 is 1.81 bits per heavy atom. The normalized spacial score (nSPS) is 19.8. The highest BCUT2D eigenvalue weighted by atomic mass is 15.2. The van der Waals surface area contributed by atoms with E-state index in [1.807, 2.05) is 7.05 Å². The van der Waals surface area contributed by atoms with Crippen LogP contribution in [0.5, 0.6) is 0 Å². The lowest BCUT2D eigenvalue weighted by atomic mass is 10.0. The van der Waals surface area contributed by atoms with E-state index >= 15 is 0 Å². The molecular weight excluding hydrogens is 320 g/mol. The molecule has 1 aliphatic carbocycles. The van der Waals surface area contributed by atoms with Gasteiger partial charge in [0, 0.05) is 38.8 Å². The molecule has 0 unspecified atom stereocenters. The summed E-state index contributed by atoms with van der Waals surface area (Å²) in [5.41, 5.74) is 2.84. The molecule has 0 bridgehead atoms. The van der Waals surface area contributed by atoms with Gasteiger partial charge in [0.25, 0.3) is 0 Å². The molecule has 144 valence electrons. The summed E-state index contributed by atoms with van der Waals surface area (Å²) in [6.07, 6.45) is 7.55. The lowest BCUT2D eigenvalue weighted by molar-refractivity contribution is 0.197. The molecule has 2 aliphatic rings. The summed E-state index contributed by atoms with van der Waals surface area (Å²) in [5.74, 6) is 1.57. The second-order valence-corrected chi connectivity index (χ2v) is 8.18. The van der Waals surface area contributed by atoms with Gasteiger partial charge in [-0.1, -0.05) is 38.1 Å². The zero-order valence-electron chi connectivity index (χ0n) is 16.8. The first kappa shape index (κ1) is 19.2. The lowest BCUT2D eigenvalue weighted by Crippen LogP contribution is -2.49. The Hall–Kier alpha value is -1.55. The number of nitrogens with one attached hydrogen (secondary N) is 2. The van der Waals surface area contributed by atoms with E-state index in [1.54, 1.807) is 0 Å². The first-order valence-electron chi connectivity index (χ1n) is 10.5.